The highest BCUT2D eigenvalue weighted by atomic mass is 32.2. The van der Waals surface area contributed by atoms with Crippen molar-refractivity contribution >= 4 is 10.0 Å². The second-order valence-corrected chi connectivity index (χ2v) is 8.24. The van der Waals surface area contributed by atoms with Crippen molar-refractivity contribution in [3.63, 3.8) is 0 Å². The zero-order chi connectivity index (χ0) is 16.4. The van der Waals surface area contributed by atoms with E-state index >= 15 is 0 Å². The Hall–Kier alpha value is -1.65. The molecule has 0 amide bonds. The lowest BCUT2D eigenvalue weighted by atomic mass is 9.87. The van der Waals surface area contributed by atoms with E-state index in [2.05, 4.69) is 25.5 Å². The Morgan fingerprint density at radius 2 is 1.45 bits per heavy atom. The molecule has 3 nitrogen and oxygen atoms in total. The summed E-state index contributed by atoms with van der Waals surface area (Å²) in [5, 5.41) is 0. The van der Waals surface area contributed by atoms with E-state index in [-0.39, 0.29) is 11.5 Å². The van der Waals surface area contributed by atoms with Crippen molar-refractivity contribution in [1.82, 2.24) is 4.72 Å². The molecule has 0 aromatic heterocycles. The summed E-state index contributed by atoms with van der Waals surface area (Å²) < 4.78 is 27.7. The van der Waals surface area contributed by atoms with E-state index in [0.29, 0.717) is 4.90 Å². The molecule has 118 valence electrons. The standard InChI is InChI=1S/C18H23NO2S/c1-14(15-8-6-5-7-9-15)19-22(20,21)17-12-10-16(11-13-17)18(2,3)4/h5-14,19H,1-4H3/t14-/m0/s1. The van der Waals surface area contributed by atoms with Gasteiger partial charge in [-0.1, -0.05) is 63.2 Å². The third-order valence-electron chi connectivity index (χ3n) is 3.66. The van der Waals surface area contributed by atoms with Crippen LogP contribution in [0.1, 0.15) is 44.9 Å². The summed E-state index contributed by atoms with van der Waals surface area (Å²) in [7, 11) is -3.52. The lowest BCUT2D eigenvalue weighted by molar-refractivity contribution is 0.565. The molecule has 2 rings (SSSR count). The third kappa shape index (κ3) is 3.96. The van der Waals surface area contributed by atoms with Gasteiger partial charge in [-0.15, -0.1) is 0 Å². The van der Waals surface area contributed by atoms with Gasteiger partial charge >= 0.3 is 0 Å². The minimum Gasteiger partial charge on any atom is -0.207 e. The van der Waals surface area contributed by atoms with Gasteiger partial charge in [-0.3, -0.25) is 0 Å². The zero-order valence-electron chi connectivity index (χ0n) is 13.5. The number of rotatable bonds is 4. The van der Waals surface area contributed by atoms with Gasteiger partial charge in [0.15, 0.2) is 0 Å². The summed E-state index contributed by atoms with van der Waals surface area (Å²) in [5.74, 6) is 0. The fourth-order valence-corrected chi connectivity index (χ4v) is 3.48. The summed E-state index contributed by atoms with van der Waals surface area (Å²) >= 11 is 0. The predicted octanol–water partition coefficient (Wildman–Crippen LogP) is 4.02. The molecule has 0 unspecified atom stereocenters. The van der Waals surface area contributed by atoms with Crippen LogP contribution >= 0.6 is 0 Å². The van der Waals surface area contributed by atoms with E-state index in [0.717, 1.165) is 11.1 Å². The molecule has 22 heavy (non-hydrogen) atoms. The largest absolute Gasteiger partial charge is 0.241 e. The molecule has 1 atom stereocenters. The van der Waals surface area contributed by atoms with Crippen molar-refractivity contribution in [2.45, 2.75) is 44.0 Å². The Morgan fingerprint density at radius 3 is 1.95 bits per heavy atom. The van der Waals surface area contributed by atoms with Gasteiger partial charge in [0, 0.05) is 6.04 Å². The molecule has 0 radical (unpaired) electrons. The normalized spacial score (nSPS) is 13.8. The van der Waals surface area contributed by atoms with Crippen molar-refractivity contribution in [2.24, 2.45) is 0 Å². The van der Waals surface area contributed by atoms with Gasteiger partial charge in [0.25, 0.3) is 0 Å². The maximum absolute atomic E-state index is 12.5. The van der Waals surface area contributed by atoms with E-state index in [1.165, 1.54) is 0 Å². The van der Waals surface area contributed by atoms with Crippen molar-refractivity contribution in [2.75, 3.05) is 0 Å². The van der Waals surface area contributed by atoms with Gasteiger partial charge in [-0.25, -0.2) is 13.1 Å². The first-order valence-electron chi connectivity index (χ1n) is 7.38. The number of benzene rings is 2. The summed E-state index contributed by atoms with van der Waals surface area (Å²) in [6.07, 6.45) is 0. The molecule has 0 fully saturated rings. The molecule has 0 spiro atoms. The quantitative estimate of drug-likeness (QED) is 0.925. The average Bonchev–Trinajstić information content (AvgIpc) is 2.47. The van der Waals surface area contributed by atoms with E-state index in [1.54, 1.807) is 12.1 Å². The molecular weight excluding hydrogens is 294 g/mol. The van der Waals surface area contributed by atoms with E-state index < -0.39 is 10.0 Å². The summed E-state index contributed by atoms with van der Waals surface area (Å²) in [5.41, 5.74) is 2.06. The smallest absolute Gasteiger partial charge is 0.207 e. The highest BCUT2D eigenvalue weighted by molar-refractivity contribution is 7.89. The van der Waals surface area contributed by atoms with Crippen LogP contribution in [0.25, 0.3) is 0 Å². The Morgan fingerprint density at radius 1 is 0.909 bits per heavy atom. The number of nitrogens with one attached hydrogen (secondary N) is 1. The molecule has 2 aromatic rings. The fourth-order valence-electron chi connectivity index (χ4n) is 2.24. The second kappa shape index (κ2) is 6.23. The molecule has 0 aliphatic carbocycles. The monoisotopic (exact) mass is 317 g/mol. The lowest BCUT2D eigenvalue weighted by Crippen LogP contribution is -2.27. The molecule has 0 saturated carbocycles. The van der Waals surface area contributed by atoms with Gasteiger partial charge in [0.1, 0.15) is 0 Å². The Balaban J connectivity index is 2.20. The third-order valence-corrected chi connectivity index (χ3v) is 5.22. The van der Waals surface area contributed by atoms with Gasteiger partial charge < -0.3 is 0 Å². The Labute approximate surface area is 133 Å². The van der Waals surface area contributed by atoms with E-state index in [9.17, 15) is 8.42 Å². The first kappa shape index (κ1) is 16.7. The molecule has 2 aromatic carbocycles. The topological polar surface area (TPSA) is 46.2 Å². The number of hydrogen-bond acceptors (Lipinski definition) is 2. The minimum atomic E-state index is -3.52. The highest BCUT2D eigenvalue weighted by Gasteiger charge is 2.20. The molecule has 4 heteroatoms. The molecular formula is C18H23NO2S. The minimum absolute atomic E-state index is 0.00699. The number of hydrogen-bond donors (Lipinski definition) is 1. The van der Waals surface area contributed by atoms with Crippen molar-refractivity contribution in [1.29, 1.82) is 0 Å². The van der Waals surface area contributed by atoms with Crippen molar-refractivity contribution in [3.8, 4) is 0 Å². The summed E-state index contributed by atoms with van der Waals surface area (Å²) in [6.45, 7) is 8.15. The van der Waals surface area contributed by atoms with Crippen LogP contribution in [-0.4, -0.2) is 8.42 Å². The maximum atomic E-state index is 12.5. The summed E-state index contributed by atoms with van der Waals surface area (Å²) in [4.78, 5) is 0.295. The van der Waals surface area contributed by atoms with Crippen LogP contribution in [-0.2, 0) is 15.4 Å². The number of sulfonamides is 1. The first-order chi connectivity index (χ1) is 10.2. The van der Waals surface area contributed by atoms with Crippen LogP contribution < -0.4 is 4.72 Å². The van der Waals surface area contributed by atoms with Crippen LogP contribution in [0, 0.1) is 0 Å². The summed E-state index contributed by atoms with van der Waals surface area (Å²) in [6, 6.07) is 16.4. The van der Waals surface area contributed by atoms with Crippen LogP contribution in [0.15, 0.2) is 59.5 Å². The molecule has 0 saturated heterocycles. The van der Waals surface area contributed by atoms with Crippen LogP contribution in [0.2, 0.25) is 0 Å². The maximum Gasteiger partial charge on any atom is 0.241 e. The highest BCUT2D eigenvalue weighted by Crippen LogP contribution is 2.24. The predicted molar refractivity (Wildman–Crippen MR) is 90.3 cm³/mol. The Kier molecular flexibility index (Phi) is 4.73. The second-order valence-electron chi connectivity index (χ2n) is 6.53. The molecule has 0 aliphatic heterocycles. The SMILES string of the molecule is C[C@H](NS(=O)(=O)c1ccc(C(C)(C)C)cc1)c1ccccc1. The molecule has 0 heterocycles. The Bertz CT molecular complexity index is 714. The molecule has 0 aliphatic rings. The fraction of sp³-hybridized carbons (Fsp3) is 0.333. The first-order valence-corrected chi connectivity index (χ1v) is 8.86. The van der Waals surface area contributed by atoms with Crippen molar-refractivity contribution in [3.05, 3.63) is 65.7 Å². The van der Waals surface area contributed by atoms with Gasteiger partial charge in [0.2, 0.25) is 10.0 Å². The van der Waals surface area contributed by atoms with Gasteiger partial charge in [-0.05, 0) is 35.6 Å². The average molecular weight is 317 g/mol. The van der Waals surface area contributed by atoms with E-state index in [1.807, 2.05) is 49.4 Å². The van der Waals surface area contributed by atoms with Gasteiger partial charge in [0.05, 0.1) is 4.90 Å². The van der Waals surface area contributed by atoms with E-state index in [4.69, 9.17) is 0 Å². The molecule has 0 bridgehead atoms. The lowest BCUT2D eigenvalue weighted by Gasteiger charge is -2.19. The van der Waals surface area contributed by atoms with Crippen LogP contribution in [0.4, 0.5) is 0 Å². The van der Waals surface area contributed by atoms with Crippen LogP contribution in [0.3, 0.4) is 0 Å². The molecule has 1 N–H and O–H groups in total. The van der Waals surface area contributed by atoms with Crippen LogP contribution in [0.5, 0.6) is 0 Å². The van der Waals surface area contributed by atoms with Gasteiger partial charge in [-0.2, -0.15) is 0 Å². The zero-order valence-corrected chi connectivity index (χ0v) is 14.3. The van der Waals surface area contributed by atoms with Crippen molar-refractivity contribution < 1.29 is 8.42 Å².